The molecule has 1 heterocycles. The number of ether oxygens (including phenoxy) is 1. The van der Waals surface area contributed by atoms with E-state index in [-0.39, 0.29) is 5.41 Å². The van der Waals surface area contributed by atoms with E-state index in [0.29, 0.717) is 12.0 Å². The molecule has 2 rings (SSSR count). The minimum Gasteiger partial charge on any atom is -0.375 e. The quantitative estimate of drug-likeness (QED) is 0.796. The molecule has 0 N–H and O–H groups in total. The predicted octanol–water partition coefficient (Wildman–Crippen LogP) is 4.33. The molecule has 20 heavy (non-hydrogen) atoms. The zero-order chi connectivity index (χ0) is 14.9. The number of hydrogen-bond acceptors (Lipinski definition) is 2. The van der Waals surface area contributed by atoms with Gasteiger partial charge in [0.05, 0.1) is 12.7 Å². The van der Waals surface area contributed by atoms with Crippen LogP contribution in [0.3, 0.4) is 0 Å². The van der Waals surface area contributed by atoms with E-state index in [9.17, 15) is 0 Å². The second kappa shape index (κ2) is 5.77. The Hall–Kier alpha value is -1.02. The average molecular weight is 275 g/mol. The van der Waals surface area contributed by atoms with Gasteiger partial charge < -0.3 is 9.64 Å². The van der Waals surface area contributed by atoms with Gasteiger partial charge in [-0.2, -0.15) is 0 Å². The molecule has 1 aromatic carbocycles. The second-order valence-electron chi connectivity index (χ2n) is 7.31. The Morgan fingerprint density at radius 1 is 1.25 bits per heavy atom. The summed E-state index contributed by atoms with van der Waals surface area (Å²) in [6, 6.07) is 7.01. The highest BCUT2D eigenvalue weighted by atomic mass is 16.5. The molecule has 2 nitrogen and oxygen atoms in total. The second-order valence-corrected chi connectivity index (χ2v) is 7.31. The lowest BCUT2D eigenvalue weighted by molar-refractivity contribution is 0.0531. The van der Waals surface area contributed by atoms with Gasteiger partial charge in [0, 0.05) is 18.8 Å². The molecular formula is C18H29NO. The fraction of sp³-hybridized carbons (Fsp3) is 0.667. The van der Waals surface area contributed by atoms with Gasteiger partial charge >= 0.3 is 0 Å². The van der Waals surface area contributed by atoms with Crippen LogP contribution in [0.25, 0.3) is 0 Å². The van der Waals surface area contributed by atoms with Crippen molar-refractivity contribution in [3.8, 4) is 0 Å². The maximum atomic E-state index is 5.69. The molecule has 0 radical (unpaired) electrons. The van der Waals surface area contributed by atoms with E-state index in [1.807, 2.05) is 0 Å². The van der Waals surface area contributed by atoms with Crippen molar-refractivity contribution < 1.29 is 4.74 Å². The highest BCUT2D eigenvalue weighted by Gasteiger charge is 2.23. The first kappa shape index (κ1) is 15.4. The van der Waals surface area contributed by atoms with Crippen molar-refractivity contribution in [3.63, 3.8) is 0 Å². The Labute approximate surface area is 124 Å². The van der Waals surface area contributed by atoms with Crippen LogP contribution < -0.4 is 4.90 Å². The van der Waals surface area contributed by atoms with Crippen molar-refractivity contribution in [3.05, 3.63) is 29.3 Å². The number of hydrogen-bond donors (Lipinski definition) is 0. The SMILES string of the molecule is CC(C)c1ccc(C(C)(C)C)cc1N1CCO[C@H](C)C1. The lowest BCUT2D eigenvalue weighted by Gasteiger charge is -2.36. The summed E-state index contributed by atoms with van der Waals surface area (Å²) in [7, 11) is 0. The summed E-state index contributed by atoms with van der Waals surface area (Å²) in [5, 5.41) is 0. The average Bonchev–Trinajstić information content (AvgIpc) is 2.37. The molecule has 1 aromatic rings. The van der Waals surface area contributed by atoms with Crippen molar-refractivity contribution in [1.29, 1.82) is 0 Å². The minimum atomic E-state index is 0.197. The molecule has 112 valence electrons. The molecule has 0 spiro atoms. The Morgan fingerprint density at radius 3 is 2.50 bits per heavy atom. The highest BCUT2D eigenvalue weighted by Crippen LogP contribution is 2.33. The monoisotopic (exact) mass is 275 g/mol. The van der Waals surface area contributed by atoms with E-state index in [1.165, 1.54) is 16.8 Å². The zero-order valence-electron chi connectivity index (χ0n) is 13.9. The van der Waals surface area contributed by atoms with Gasteiger partial charge in [0.2, 0.25) is 0 Å². The summed E-state index contributed by atoms with van der Waals surface area (Å²) in [4.78, 5) is 2.50. The van der Waals surface area contributed by atoms with Gasteiger partial charge in [0.15, 0.2) is 0 Å². The maximum absolute atomic E-state index is 5.69. The number of rotatable bonds is 2. The molecular weight excluding hydrogens is 246 g/mol. The van der Waals surface area contributed by atoms with Gasteiger partial charge in [-0.25, -0.2) is 0 Å². The van der Waals surface area contributed by atoms with Crippen LogP contribution in [0.1, 0.15) is 58.6 Å². The minimum absolute atomic E-state index is 0.197. The topological polar surface area (TPSA) is 12.5 Å². The van der Waals surface area contributed by atoms with E-state index >= 15 is 0 Å². The van der Waals surface area contributed by atoms with Gasteiger partial charge in [-0.15, -0.1) is 0 Å². The zero-order valence-corrected chi connectivity index (χ0v) is 13.9. The molecule has 0 unspecified atom stereocenters. The molecule has 1 atom stereocenters. The van der Waals surface area contributed by atoms with Gasteiger partial charge in [-0.1, -0.05) is 46.8 Å². The molecule has 0 aromatic heterocycles. The standard InChI is InChI=1S/C18H29NO/c1-13(2)16-8-7-15(18(4,5)6)11-17(16)19-9-10-20-14(3)12-19/h7-8,11,13-14H,9-10,12H2,1-6H3/t14-/m1/s1. The third-order valence-corrected chi connectivity index (χ3v) is 4.10. The summed E-state index contributed by atoms with van der Waals surface area (Å²) in [6.45, 7) is 16.4. The number of benzene rings is 1. The van der Waals surface area contributed by atoms with Crippen molar-refractivity contribution in [1.82, 2.24) is 0 Å². The van der Waals surface area contributed by atoms with Crippen LogP contribution in [-0.2, 0) is 10.2 Å². The first-order chi connectivity index (χ1) is 9.29. The molecule has 1 fully saturated rings. The Bertz CT molecular complexity index is 459. The van der Waals surface area contributed by atoms with Crippen molar-refractivity contribution in [2.75, 3.05) is 24.6 Å². The van der Waals surface area contributed by atoms with Crippen LogP contribution in [0.2, 0.25) is 0 Å². The summed E-state index contributed by atoms with van der Waals surface area (Å²) in [5.41, 5.74) is 4.47. The van der Waals surface area contributed by atoms with Crippen molar-refractivity contribution >= 4 is 5.69 Å². The lowest BCUT2D eigenvalue weighted by Crippen LogP contribution is -2.41. The largest absolute Gasteiger partial charge is 0.375 e. The van der Waals surface area contributed by atoms with Crippen LogP contribution in [0.5, 0.6) is 0 Å². The van der Waals surface area contributed by atoms with Crippen LogP contribution in [0.4, 0.5) is 5.69 Å². The summed E-state index contributed by atoms with van der Waals surface area (Å²) in [6.07, 6.45) is 0.321. The Balaban J connectivity index is 2.41. The summed E-state index contributed by atoms with van der Waals surface area (Å²) < 4.78 is 5.69. The van der Waals surface area contributed by atoms with Crippen molar-refractivity contribution in [2.45, 2.75) is 59.0 Å². The molecule has 1 aliphatic rings. The van der Waals surface area contributed by atoms with Crippen LogP contribution in [-0.4, -0.2) is 25.8 Å². The molecule has 2 heteroatoms. The molecule has 1 aliphatic heterocycles. The first-order valence-corrected chi connectivity index (χ1v) is 7.80. The lowest BCUT2D eigenvalue weighted by atomic mass is 9.85. The third-order valence-electron chi connectivity index (χ3n) is 4.10. The van der Waals surface area contributed by atoms with Crippen LogP contribution in [0.15, 0.2) is 18.2 Å². The third kappa shape index (κ3) is 3.35. The number of nitrogens with zero attached hydrogens (tertiary/aromatic N) is 1. The van der Waals surface area contributed by atoms with Crippen LogP contribution in [0, 0.1) is 0 Å². The van der Waals surface area contributed by atoms with Gasteiger partial charge in [0.1, 0.15) is 0 Å². The molecule has 0 aliphatic carbocycles. The van der Waals surface area contributed by atoms with E-state index in [0.717, 1.165) is 19.7 Å². The predicted molar refractivity (Wildman–Crippen MR) is 86.9 cm³/mol. The fourth-order valence-corrected chi connectivity index (χ4v) is 2.81. The summed E-state index contributed by atoms with van der Waals surface area (Å²) in [5.74, 6) is 0.553. The first-order valence-electron chi connectivity index (χ1n) is 7.80. The highest BCUT2D eigenvalue weighted by molar-refractivity contribution is 5.58. The fourth-order valence-electron chi connectivity index (χ4n) is 2.81. The maximum Gasteiger partial charge on any atom is 0.0722 e. The van der Waals surface area contributed by atoms with Crippen LogP contribution >= 0.6 is 0 Å². The van der Waals surface area contributed by atoms with E-state index < -0.39 is 0 Å². The Morgan fingerprint density at radius 2 is 1.95 bits per heavy atom. The normalized spacial score (nSPS) is 20.6. The smallest absolute Gasteiger partial charge is 0.0722 e. The van der Waals surface area contributed by atoms with E-state index in [1.54, 1.807) is 0 Å². The number of anilines is 1. The van der Waals surface area contributed by atoms with Gasteiger partial charge in [0.25, 0.3) is 0 Å². The molecule has 1 saturated heterocycles. The van der Waals surface area contributed by atoms with E-state index in [4.69, 9.17) is 4.74 Å². The number of morpholine rings is 1. The van der Waals surface area contributed by atoms with Crippen molar-refractivity contribution in [2.24, 2.45) is 0 Å². The van der Waals surface area contributed by atoms with E-state index in [2.05, 4.69) is 64.6 Å². The Kier molecular flexibility index (Phi) is 4.43. The molecule has 0 saturated carbocycles. The molecule has 0 bridgehead atoms. The molecule has 0 amide bonds. The van der Waals surface area contributed by atoms with Gasteiger partial charge in [-0.05, 0) is 35.4 Å². The summed E-state index contributed by atoms with van der Waals surface area (Å²) >= 11 is 0. The van der Waals surface area contributed by atoms with Gasteiger partial charge in [-0.3, -0.25) is 0 Å².